The lowest BCUT2D eigenvalue weighted by molar-refractivity contribution is -0.161. The van der Waals surface area contributed by atoms with Gasteiger partial charge in [0.2, 0.25) is 0 Å². The molecule has 3 N–H and O–H groups in total. The zero-order valence-electron chi connectivity index (χ0n) is 52.6. The minimum atomic E-state index is -4.94. The summed E-state index contributed by atoms with van der Waals surface area (Å²) in [6, 6.07) is 0. The standard InChI is InChI=1S/C63H122O17P2/c1-6-10-13-16-19-22-27-32-37-42-47-61(66)74-53-59(80-63(68)49-44-39-34-29-25-24-26-30-35-40-45-56(5)9-4)55-78-82(71,72)76-51-57(64)50-75-81(69,70)77-54-58(52-73-60(65)46-41-36-31-21-18-15-12-8-3)79-62(67)48-43-38-33-28-23-20-17-14-11-7-2/h56-59,64H,6-55H2,1-5H3,(H,69,70)(H,71,72)/t56?,57-,58+,59+/m0/s1. The number of ether oxygens (including phenoxy) is 4. The van der Waals surface area contributed by atoms with Crippen LogP contribution in [0.5, 0.6) is 0 Å². The zero-order chi connectivity index (χ0) is 60.6. The van der Waals surface area contributed by atoms with Crippen molar-refractivity contribution in [1.29, 1.82) is 0 Å². The molecule has 6 atom stereocenters. The molecule has 0 bridgehead atoms. The summed E-state index contributed by atoms with van der Waals surface area (Å²) in [4.78, 5) is 72.1. The fourth-order valence-corrected chi connectivity index (χ4v) is 11.0. The van der Waals surface area contributed by atoms with E-state index < -0.39 is 97.5 Å². The number of rotatable bonds is 63. The second kappa shape index (κ2) is 56.8. The van der Waals surface area contributed by atoms with Crippen LogP contribution >= 0.6 is 15.6 Å². The molecule has 0 aromatic carbocycles. The number of hydrogen-bond acceptors (Lipinski definition) is 15. The average Bonchev–Trinajstić information content (AvgIpc) is 3.45. The normalized spacial score (nSPS) is 14.6. The second-order valence-corrected chi connectivity index (χ2v) is 25.9. The Hall–Kier alpha value is -1.94. The van der Waals surface area contributed by atoms with Crippen LogP contribution in [0, 0.1) is 5.92 Å². The summed E-state index contributed by atoms with van der Waals surface area (Å²) >= 11 is 0. The van der Waals surface area contributed by atoms with Gasteiger partial charge in [0.25, 0.3) is 0 Å². The van der Waals surface area contributed by atoms with Gasteiger partial charge in [-0.1, -0.05) is 266 Å². The zero-order valence-corrected chi connectivity index (χ0v) is 54.4. The molecule has 19 heteroatoms. The van der Waals surface area contributed by atoms with E-state index in [9.17, 15) is 43.2 Å². The molecule has 0 rings (SSSR count). The molecule has 0 amide bonds. The smallest absolute Gasteiger partial charge is 0.462 e. The van der Waals surface area contributed by atoms with Crippen LogP contribution in [0.4, 0.5) is 0 Å². The van der Waals surface area contributed by atoms with E-state index in [1.54, 1.807) is 0 Å². The maximum atomic E-state index is 13.0. The first-order valence-corrected chi connectivity index (χ1v) is 36.2. The highest BCUT2D eigenvalue weighted by molar-refractivity contribution is 7.47. The quantitative estimate of drug-likeness (QED) is 0.0222. The molecule has 0 aliphatic carbocycles. The summed E-state index contributed by atoms with van der Waals surface area (Å²) in [5.74, 6) is -1.33. The van der Waals surface area contributed by atoms with E-state index in [0.29, 0.717) is 25.7 Å². The van der Waals surface area contributed by atoms with Gasteiger partial charge in [0.05, 0.1) is 26.4 Å². The largest absolute Gasteiger partial charge is 0.472 e. The first-order chi connectivity index (χ1) is 39.6. The Bertz CT molecular complexity index is 1600. The third-order valence-corrected chi connectivity index (χ3v) is 16.8. The van der Waals surface area contributed by atoms with Crippen LogP contribution < -0.4 is 0 Å². The molecule has 0 spiro atoms. The minimum absolute atomic E-state index is 0.106. The van der Waals surface area contributed by atoms with Crippen LogP contribution in [0.3, 0.4) is 0 Å². The number of phosphoric acid groups is 2. The summed E-state index contributed by atoms with van der Waals surface area (Å²) in [6.45, 7) is 7.17. The fourth-order valence-electron chi connectivity index (χ4n) is 9.37. The highest BCUT2D eigenvalue weighted by atomic mass is 31.2. The summed E-state index contributed by atoms with van der Waals surface area (Å²) in [5, 5.41) is 10.5. The topological polar surface area (TPSA) is 237 Å². The van der Waals surface area contributed by atoms with Crippen molar-refractivity contribution in [2.45, 2.75) is 335 Å². The van der Waals surface area contributed by atoms with E-state index in [-0.39, 0.29) is 25.7 Å². The van der Waals surface area contributed by atoms with E-state index in [4.69, 9.17) is 37.0 Å². The molecule has 0 fully saturated rings. The summed E-state index contributed by atoms with van der Waals surface area (Å²) in [6.07, 6.45) is 40.2. The van der Waals surface area contributed by atoms with E-state index in [1.807, 2.05) is 0 Å². The fraction of sp³-hybridized carbons (Fsp3) is 0.937. The molecule has 3 unspecified atom stereocenters. The minimum Gasteiger partial charge on any atom is -0.462 e. The number of unbranched alkanes of at least 4 members (excludes halogenated alkanes) is 34. The summed E-state index contributed by atoms with van der Waals surface area (Å²) < 4.78 is 67.9. The van der Waals surface area contributed by atoms with E-state index in [1.165, 1.54) is 135 Å². The van der Waals surface area contributed by atoms with Crippen LogP contribution in [0.2, 0.25) is 0 Å². The summed E-state index contributed by atoms with van der Waals surface area (Å²) in [7, 11) is -9.88. The molecule has 0 heterocycles. The van der Waals surface area contributed by atoms with Gasteiger partial charge in [-0.25, -0.2) is 9.13 Å². The van der Waals surface area contributed by atoms with E-state index in [0.717, 1.165) is 102 Å². The Morgan fingerprint density at radius 3 is 0.866 bits per heavy atom. The van der Waals surface area contributed by atoms with Crippen LogP contribution in [0.1, 0.15) is 317 Å². The lowest BCUT2D eigenvalue weighted by atomic mass is 9.99. The Balaban J connectivity index is 5.22. The number of aliphatic hydroxyl groups is 1. The first-order valence-electron chi connectivity index (χ1n) is 33.2. The van der Waals surface area contributed by atoms with Crippen LogP contribution in [0.15, 0.2) is 0 Å². The predicted octanol–water partition coefficient (Wildman–Crippen LogP) is 17.4. The van der Waals surface area contributed by atoms with Crippen molar-refractivity contribution >= 4 is 39.5 Å². The predicted molar refractivity (Wildman–Crippen MR) is 326 cm³/mol. The van der Waals surface area contributed by atoms with Gasteiger partial charge in [-0.05, 0) is 31.6 Å². The van der Waals surface area contributed by atoms with Crippen molar-refractivity contribution in [3.63, 3.8) is 0 Å². The van der Waals surface area contributed by atoms with Gasteiger partial charge in [-0.3, -0.25) is 37.3 Å². The lowest BCUT2D eigenvalue weighted by Gasteiger charge is -2.21. The molecule has 0 saturated heterocycles. The van der Waals surface area contributed by atoms with Crippen molar-refractivity contribution in [3.8, 4) is 0 Å². The maximum Gasteiger partial charge on any atom is 0.472 e. The van der Waals surface area contributed by atoms with Crippen molar-refractivity contribution < 1.29 is 80.2 Å². The second-order valence-electron chi connectivity index (χ2n) is 23.0. The van der Waals surface area contributed by atoms with Gasteiger partial charge in [-0.2, -0.15) is 0 Å². The van der Waals surface area contributed by atoms with E-state index >= 15 is 0 Å². The van der Waals surface area contributed by atoms with Gasteiger partial charge < -0.3 is 33.8 Å². The average molecular weight is 1210 g/mol. The van der Waals surface area contributed by atoms with Crippen LogP contribution in [-0.2, 0) is 65.4 Å². The molecule has 82 heavy (non-hydrogen) atoms. The molecule has 0 aromatic rings. The monoisotopic (exact) mass is 1210 g/mol. The van der Waals surface area contributed by atoms with Crippen molar-refractivity contribution in [3.05, 3.63) is 0 Å². The molecule has 0 aliphatic rings. The highest BCUT2D eigenvalue weighted by Crippen LogP contribution is 2.45. The van der Waals surface area contributed by atoms with Gasteiger partial charge in [0.15, 0.2) is 12.2 Å². The molecular formula is C63H122O17P2. The Morgan fingerprint density at radius 2 is 0.585 bits per heavy atom. The SMILES string of the molecule is CCCCCCCCCCCCC(=O)OC[C@H](COP(=O)(O)OC[C@@H](O)COP(=O)(O)OC[C@@H](COC(=O)CCCCCCCCCC)OC(=O)CCCCCCCCCCCC)OC(=O)CCCCCCCCCCCCC(C)CC. The number of carbonyl (C=O) groups excluding carboxylic acids is 4. The maximum absolute atomic E-state index is 13.0. The van der Waals surface area contributed by atoms with Crippen LogP contribution in [-0.4, -0.2) is 96.7 Å². The van der Waals surface area contributed by atoms with Gasteiger partial charge in [0, 0.05) is 25.7 Å². The molecule has 0 aliphatic heterocycles. The highest BCUT2D eigenvalue weighted by Gasteiger charge is 2.30. The Morgan fingerprint density at radius 1 is 0.341 bits per heavy atom. The number of phosphoric ester groups is 2. The third-order valence-electron chi connectivity index (χ3n) is 14.9. The molecule has 486 valence electrons. The van der Waals surface area contributed by atoms with Crippen LogP contribution in [0.25, 0.3) is 0 Å². The molecule has 0 saturated carbocycles. The number of carbonyl (C=O) groups is 4. The van der Waals surface area contributed by atoms with Crippen molar-refractivity contribution in [2.75, 3.05) is 39.6 Å². The molecular weight excluding hydrogens is 1090 g/mol. The summed E-state index contributed by atoms with van der Waals surface area (Å²) in [5.41, 5.74) is 0. The lowest BCUT2D eigenvalue weighted by Crippen LogP contribution is -2.30. The molecule has 0 radical (unpaired) electrons. The molecule has 17 nitrogen and oxygen atoms in total. The Kier molecular flexibility index (Phi) is 55.5. The van der Waals surface area contributed by atoms with Crippen molar-refractivity contribution in [2.24, 2.45) is 5.92 Å². The number of aliphatic hydroxyl groups excluding tert-OH is 1. The van der Waals surface area contributed by atoms with E-state index in [2.05, 4.69) is 34.6 Å². The van der Waals surface area contributed by atoms with Crippen molar-refractivity contribution in [1.82, 2.24) is 0 Å². The molecule has 0 aromatic heterocycles. The van der Waals surface area contributed by atoms with Gasteiger partial charge in [-0.15, -0.1) is 0 Å². The first kappa shape index (κ1) is 80.1. The number of hydrogen-bond donors (Lipinski definition) is 3. The number of esters is 4. The third kappa shape index (κ3) is 55.9. The van der Waals surface area contributed by atoms with Gasteiger partial charge >= 0.3 is 39.5 Å². The Labute approximate surface area is 498 Å². The van der Waals surface area contributed by atoms with Gasteiger partial charge in [0.1, 0.15) is 19.3 Å².